The Kier molecular flexibility index (Phi) is 5.84. The maximum atomic E-state index is 13.4. The summed E-state index contributed by atoms with van der Waals surface area (Å²) >= 11 is 0. The third-order valence-electron chi connectivity index (χ3n) is 4.10. The first-order chi connectivity index (χ1) is 9.70. The molecule has 0 saturated heterocycles. The van der Waals surface area contributed by atoms with Crippen molar-refractivity contribution in [3.63, 3.8) is 0 Å². The summed E-state index contributed by atoms with van der Waals surface area (Å²) in [5.74, 6) is 0.468. The van der Waals surface area contributed by atoms with Crippen LogP contribution < -0.4 is 10.1 Å². The zero-order chi connectivity index (χ0) is 14.4. The van der Waals surface area contributed by atoms with Gasteiger partial charge in [-0.3, -0.25) is 0 Å². The van der Waals surface area contributed by atoms with E-state index in [1.54, 1.807) is 6.07 Å². The van der Waals surface area contributed by atoms with Gasteiger partial charge in [0, 0.05) is 12.1 Å². The van der Waals surface area contributed by atoms with E-state index in [1.807, 2.05) is 6.92 Å². The molecule has 2 unspecified atom stereocenters. The summed E-state index contributed by atoms with van der Waals surface area (Å²) in [5.41, 5.74) is 1.00. The molecule has 1 aliphatic carbocycles. The molecule has 0 radical (unpaired) electrons. The average Bonchev–Trinajstić information content (AvgIpc) is 2.41. The molecule has 1 aliphatic rings. The van der Waals surface area contributed by atoms with Crippen LogP contribution in [-0.4, -0.2) is 18.7 Å². The van der Waals surface area contributed by atoms with Gasteiger partial charge in [-0.2, -0.15) is 0 Å². The first-order valence-electron chi connectivity index (χ1n) is 7.87. The van der Waals surface area contributed by atoms with Gasteiger partial charge in [0.15, 0.2) is 0 Å². The van der Waals surface area contributed by atoms with Crippen LogP contribution in [0.15, 0.2) is 18.2 Å². The van der Waals surface area contributed by atoms with Gasteiger partial charge >= 0.3 is 0 Å². The van der Waals surface area contributed by atoms with Crippen LogP contribution in [0.5, 0.6) is 5.75 Å². The van der Waals surface area contributed by atoms with Crippen LogP contribution in [0.4, 0.5) is 4.39 Å². The number of likely N-dealkylation sites (N-methyl/N-ethyl adjacent to an activating group) is 1. The molecule has 0 aliphatic heterocycles. The highest BCUT2D eigenvalue weighted by Gasteiger charge is 2.24. The average molecular weight is 279 g/mol. The number of aryl methyl sites for hydroxylation is 1. The largest absolute Gasteiger partial charge is 0.488 e. The summed E-state index contributed by atoms with van der Waals surface area (Å²) in [6.45, 7) is 5.05. The van der Waals surface area contributed by atoms with Crippen molar-refractivity contribution in [1.29, 1.82) is 0 Å². The summed E-state index contributed by atoms with van der Waals surface area (Å²) < 4.78 is 19.6. The smallest absolute Gasteiger partial charge is 0.126 e. The first kappa shape index (κ1) is 15.3. The summed E-state index contributed by atoms with van der Waals surface area (Å²) in [5, 5.41) is 3.54. The SMILES string of the molecule is CCNC1CCCCCCC1Oc1cc(F)ccc1C. The predicted octanol–water partition coefficient (Wildman–Crippen LogP) is 4.21. The molecule has 1 saturated carbocycles. The molecule has 112 valence electrons. The van der Waals surface area contributed by atoms with E-state index in [0.717, 1.165) is 24.9 Å². The number of hydrogen-bond acceptors (Lipinski definition) is 2. The second-order valence-corrected chi connectivity index (χ2v) is 5.72. The highest BCUT2D eigenvalue weighted by molar-refractivity contribution is 5.33. The van der Waals surface area contributed by atoms with Crippen molar-refractivity contribution in [3.05, 3.63) is 29.6 Å². The Bertz CT molecular complexity index is 421. The normalized spacial score (nSPS) is 23.9. The molecule has 3 heteroatoms. The minimum absolute atomic E-state index is 0.149. The van der Waals surface area contributed by atoms with Gasteiger partial charge in [0.2, 0.25) is 0 Å². The van der Waals surface area contributed by atoms with Crippen molar-refractivity contribution < 1.29 is 9.13 Å². The lowest BCUT2D eigenvalue weighted by Crippen LogP contribution is -2.43. The molecule has 1 fully saturated rings. The van der Waals surface area contributed by atoms with Gasteiger partial charge in [-0.1, -0.05) is 32.3 Å². The van der Waals surface area contributed by atoms with Crippen molar-refractivity contribution >= 4 is 0 Å². The number of hydrogen-bond donors (Lipinski definition) is 1. The summed E-state index contributed by atoms with van der Waals surface area (Å²) in [6.07, 6.45) is 7.38. The molecule has 0 spiro atoms. The van der Waals surface area contributed by atoms with Crippen LogP contribution in [0.3, 0.4) is 0 Å². The molecule has 1 N–H and O–H groups in total. The van der Waals surface area contributed by atoms with Crippen molar-refractivity contribution in [2.24, 2.45) is 0 Å². The zero-order valence-corrected chi connectivity index (χ0v) is 12.6. The monoisotopic (exact) mass is 279 g/mol. The fourth-order valence-corrected chi connectivity index (χ4v) is 2.95. The number of rotatable bonds is 4. The van der Waals surface area contributed by atoms with Gasteiger partial charge in [-0.15, -0.1) is 0 Å². The summed E-state index contributed by atoms with van der Waals surface area (Å²) in [7, 11) is 0. The van der Waals surface area contributed by atoms with Crippen molar-refractivity contribution in [3.8, 4) is 5.75 Å². The van der Waals surface area contributed by atoms with Gasteiger partial charge in [0.1, 0.15) is 17.7 Å². The molecule has 1 aromatic rings. The number of halogens is 1. The first-order valence-corrected chi connectivity index (χ1v) is 7.87. The van der Waals surface area contributed by atoms with Crippen molar-refractivity contribution in [2.75, 3.05) is 6.54 Å². The Hall–Kier alpha value is -1.09. The summed E-state index contributed by atoms with van der Waals surface area (Å²) in [6, 6.07) is 5.16. The lowest BCUT2D eigenvalue weighted by molar-refractivity contribution is 0.126. The predicted molar refractivity (Wildman–Crippen MR) is 80.7 cm³/mol. The second kappa shape index (κ2) is 7.63. The highest BCUT2D eigenvalue weighted by Crippen LogP contribution is 2.26. The van der Waals surface area contributed by atoms with E-state index < -0.39 is 0 Å². The lowest BCUT2D eigenvalue weighted by Gasteiger charge is -2.31. The zero-order valence-electron chi connectivity index (χ0n) is 12.6. The number of benzene rings is 1. The minimum Gasteiger partial charge on any atom is -0.488 e. The molecule has 0 aromatic heterocycles. The van der Waals surface area contributed by atoms with Crippen molar-refractivity contribution in [1.82, 2.24) is 5.32 Å². The van der Waals surface area contributed by atoms with E-state index in [1.165, 1.54) is 37.8 Å². The van der Waals surface area contributed by atoms with Gasteiger partial charge in [-0.05, 0) is 44.4 Å². The van der Waals surface area contributed by atoms with Crippen LogP contribution in [0.2, 0.25) is 0 Å². The molecular formula is C17H26FNO. The molecule has 1 aromatic carbocycles. The Morgan fingerprint density at radius 2 is 1.95 bits per heavy atom. The maximum absolute atomic E-state index is 13.4. The topological polar surface area (TPSA) is 21.3 Å². The Morgan fingerprint density at radius 1 is 1.20 bits per heavy atom. The quantitative estimate of drug-likeness (QED) is 0.891. The third kappa shape index (κ3) is 4.20. The van der Waals surface area contributed by atoms with Crippen LogP contribution in [0.25, 0.3) is 0 Å². The van der Waals surface area contributed by atoms with Gasteiger partial charge in [0.05, 0.1) is 0 Å². The van der Waals surface area contributed by atoms with Gasteiger partial charge in [-0.25, -0.2) is 4.39 Å². The summed E-state index contributed by atoms with van der Waals surface area (Å²) in [4.78, 5) is 0. The number of nitrogens with one attached hydrogen (secondary N) is 1. The minimum atomic E-state index is -0.226. The maximum Gasteiger partial charge on any atom is 0.126 e. The van der Waals surface area contributed by atoms with E-state index >= 15 is 0 Å². The van der Waals surface area contributed by atoms with E-state index in [9.17, 15) is 4.39 Å². The third-order valence-corrected chi connectivity index (χ3v) is 4.10. The molecule has 2 rings (SSSR count). The Morgan fingerprint density at radius 3 is 2.70 bits per heavy atom. The number of ether oxygens (including phenoxy) is 1. The van der Waals surface area contributed by atoms with E-state index in [0.29, 0.717) is 11.8 Å². The fraction of sp³-hybridized carbons (Fsp3) is 0.647. The van der Waals surface area contributed by atoms with E-state index in [2.05, 4.69) is 12.2 Å². The Balaban J connectivity index is 2.10. The van der Waals surface area contributed by atoms with Crippen LogP contribution >= 0.6 is 0 Å². The second-order valence-electron chi connectivity index (χ2n) is 5.72. The lowest BCUT2D eigenvalue weighted by atomic mass is 9.94. The molecule has 0 heterocycles. The molecule has 0 bridgehead atoms. The molecule has 0 amide bonds. The molecular weight excluding hydrogens is 253 g/mol. The van der Waals surface area contributed by atoms with Gasteiger partial charge in [0.25, 0.3) is 0 Å². The molecule has 2 atom stereocenters. The fourth-order valence-electron chi connectivity index (χ4n) is 2.95. The van der Waals surface area contributed by atoms with E-state index in [4.69, 9.17) is 4.74 Å². The highest BCUT2D eigenvalue weighted by atomic mass is 19.1. The molecule has 2 nitrogen and oxygen atoms in total. The standard InChI is InChI=1S/C17H26FNO/c1-3-19-15-8-6-4-5-7-9-16(15)20-17-12-14(18)11-10-13(17)2/h10-12,15-16,19H,3-9H2,1-2H3. The van der Waals surface area contributed by atoms with Crippen LogP contribution in [0, 0.1) is 12.7 Å². The Labute approximate surface area is 121 Å². The molecule has 20 heavy (non-hydrogen) atoms. The van der Waals surface area contributed by atoms with E-state index in [-0.39, 0.29) is 11.9 Å². The van der Waals surface area contributed by atoms with Crippen molar-refractivity contribution in [2.45, 2.75) is 64.5 Å². The van der Waals surface area contributed by atoms with Gasteiger partial charge < -0.3 is 10.1 Å². The van der Waals surface area contributed by atoms with Crippen LogP contribution in [0.1, 0.15) is 51.0 Å². The van der Waals surface area contributed by atoms with Crippen LogP contribution in [-0.2, 0) is 0 Å².